The summed E-state index contributed by atoms with van der Waals surface area (Å²) in [5, 5.41) is 0. The van der Waals surface area contributed by atoms with Gasteiger partial charge in [0.15, 0.2) is 0 Å². The molecule has 0 aliphatic heterocycles. The van der Waals surface area contributed by atoms with Crippen molar-refractivity contribution in [3.8, 4) is 0 Å². The minimum atomic E-state index is -0.354. The van der Waals surface area contributed by atoms with Gasteiger partial charge in [0.05, 0.1) is 12.2 Å². The second-order valence-electron chi connectivity index (χ2n) is 3.87. The van der Waals surface area contributed by atoms with Crippen LogP contribution in [0.2, 0.25) is 0 Å². The first-order valence-electron chi connectivity index (χ1n) is 5.05. The van der Waals surface area contributed by atoms with Crippen LogP contribution >= 0.6 is 0 Å². The number of carbonyl (C=O) groups excluding carboxylic acids is 1. The van der Waals surface area contributed by atoms with Crippen molar-refractivity contribution in [1.29, 1.82) is 0 Å². The maximum absolute atomic E-state index is 12.2. The quantitative estimate of drug-likeness (QED) is 0.548. The van der Waals surface area contributed by atoms with Crippen LogP contribution in [0.5, 0.6) is 0 Å². The van der Waals surface area contributed by atoms with Gasteiger partial charge in [-0.3, -0.25) is 4.39 Å². The van der Waals surface area contributed by atoms with Crippen LogP contribution in [0.1, 0.15) is 24.0 Å². The average Bonchev–Trinajstić information content (AvgIpc) is 3.01. The number of aryl methyl sites for hydroxylation is 1. The molecule has 1 aromatic carbocycles. The molecule has 1 aromatic rings. The lowest BCUT2D eigenvalue weighted by Gasteiger charge is -2.09. The molecule has 1 aliphatic rings. The van der Waals surface area contributed by atoms with E-state index in [9.17, 15) is 9.18 Å². The summed E-state index contributed by atoms with van der Waals surface area (Å²) >= 11 is 0. The number of rotatable bonds is 4. The maximum atomic E-state index is 12.2. The molecule has 0 spiro atoms. The number of hydrogen-bond donors (Lipinski definition) is 0. The van der Waals surface area contributed by atoms with Gasteiger partial charge < -0.3 is 0 Å². The molecule has 0 aromatic heterocycles. The predicted octanol–water partition coefficient (Wildman–Crippen LogP) is 2.52. The molecule has 0 saturated heterocycles. The summed E-state index contributed by atoms with van der Waals surface area (Å²) in [6.45, 7) is -0.354. The topological polar surface area (TPSA) is 29.4 Å². The Morgan fingerprint density at radius 3 is 2.87 bits per heavy atom. The zero-order valence-electron chi connectivity index (χ0n) is 8.37. The average molecular weight is 205 g/mol. The smallest absolute Gasteiger partial charge is 0.235 e. The summed E-state index contributed by atoms with van der Waals surface area (Å²) in [4.78, 5) is 14.1. The molecular formula is C12H12FNO. The van der Waals surface area contributed by atoms with Gasteiger partial charge in [-0.15, -0.1) is 0 Å². The second kappa shape index (κ2) is 3.95. The van der Waals surface area contributed by atoms with Crippen LogP contribution in [0.3, 0.4) is 0 Å². The van der Waals surface area contributed by atoms with Gasteiger partial charge in [0.2, 0.25) is 6.08 Å². The molecule has 0 atom stereocenters. The molecule has 0 N–H and O–H groups in total. The van der Waals surface area contributed by atoms with Gasteiger partial charge in [0, 0.05) is 6.42 Å². The molecule has 1 saturated carbocycles. The highest BCUT2D eigenvalue weighted by Gasteiger charge is 2.44. The SMILES string of the molecule is O=C=NC1(c2cccc(CCF)c2)CC1. The summed E-state index contributed by atoms with van der Waals surface area (Å²) < 4.78 is 12.2. The lowest BCUT2D eigenvalue weighted by atomic mass is 10.0. The van der Waals surface area contributed by atoms with Crippen LogP contribution in [-0.2, 0) is 16.8 Å². The largest absolute Gasteiger partial charge is 0.251 e. The zero-order chi connectivity index (χ0) is 10.7. The van der Waals surface area contributed by atoms with Crippen molar-refractivity contribution < 1.29 is 9.18 Å². The molecule has 0 radical (unpaired) electrons. The Labute approximate surface area is 87.8 Å². The lowest BCUT2D eigenvalue weighted by molar-refractivity contribution is 0.495. The Bertz CT molecular complexity index is 406. The van der Waals surface area contributed by atoms with Crippen molar-refractivity contribution in [3.63, 3.8) is 0 Å². The molecule has 2 rings (SSSR count). The molecule has 0 amide bonds. The highest BCUT2D eigenvalue weighted by Crippen LogP contribution is 2.49. The Morgan fingerprint density at radius 1 is 1.47 bits per heavy atom. The fourth-order valence-corrected chi connectivity index (χ4v) is 1.80. The third-order valence-corrected chi connectivity index (χ3v) is 2.83. The number of nitrogens with zero attached hydrogens (tertiary/aromatic N) is 1. The van der Waals surface area contributed by atoms with Crippen molar-refractivity contribution in [1.82, 2.24) is 0 Å². The van der Waals surface area contributed by atoms with Crippen molar-refractivity contribution in [3.05, 3.63) is 35.4 Å². The van der Waals surface area contributed by atoms with Gasteiger partial charge in [0.1, 0.15) is 0 Å². The van der Waals surface area contributed by atoms with E-state index in [1.165, 1.54) is 0 Å². The van der Waals surface area contributed by atoms with Crippen LogP contribution < -0.4 is 0 Å². The molecule has 0 bridgehead atoms. The lowest BCUT2D eigenvalue weighted by Crippen LogP contribution is -2.03. The number of benzene rings is 1. The highest BCUT2D eigenvalue weighted by atomic mass is 19.1. The summed E-state index contributed by atoms with van der Waals surface area (Å²) in [6, 6.07) is 7.66. The molecule has 0 unspecified atom stereocenters. The molecule has 15 heavy (non-hydrogen) atoms. The van der Waals surface area contributed by atoms with Crippen LogP contribution in [0.25, 0.3) is 0 Å². The Morgan fingerprint density at radius 2 is 2.27 bits per heavy atom. The van der Waals surface area contributed by atoms with E-state index >= 15 is 0 Å². The van der Waals surface area contributed by atoms with Crippen LogP contribution in [-0.4, -0.2) is 12.8 Å². The third kappa shape index (κ3) is 1.97. The standard InChI is InChI=1S/C12H12FNO/c13-7-4-10-2-1-3-11(8-10)12(5-6-12)14-9-15/h1-3,8H,4-7H2. The predicted molar refractivity (Wildman–Crippen MR) is 55.2 cm³/mol. The number of hydrogen-bond acceptors (Lipinski definition) is 2. The normalized spacial score (nSPS) is 16.9. The van der Waals surface area contributed by atoms with E-state index in [1.54, 1.807) is 6.08 Å². The summed E-state index contributed by atoms with van der Waals surface area (Å²) in [5.41, 5.74) is 1.63. The molecule has 2 nitrogen and oxygen atoms in total. The van der Waals surface area contributed by atoms with Gasteiger partial charge in [-0.1, -0.05) is 24.3 Å². The van der Waals surface area contributed by atoms with Crippen LogP contribution in [0, 0.1) is 0 Å². The summed E-state index contributed by atoms with van der Waals surface area (Å²) in [5.74, 6) is 0. The van der Waals surface area contributed by atoms with Gasteiger partial charge in [0.25, 0.3) is 0 Å². The number of aliphatic imine (C=N–C) groups is 1. The first-order chi connectivity index (χ1) is 7.30. The number of isocyanates is 1. The molecule has 3 heteroatoms. The maximum Gasteiger partial charge on any atom is 0.235 e. The zero-order valence-corrected chi connectivity index (χ0v) is 8.37. The summed E-state index contributed by atoms with van der Waals surface area (Å²) in [7, 11) is 0. The van der Waals surface area contributed by atoms with E-state index in [-0.39, 0.29) is 12.2 Å². The van der Waals surface area contributed by atoms with Crippen molar-refractivity contribution in [2.45, 2.75) is 24.8 Å². The number of alkyl halides is 1. The van der Waals surface area contributed by atoms with Gasteiger partial charge in [-0.2, -0.15) is 4.99 Å². The van der Waals surface area contributed by atoms with Gasteiger partial charge in [-0.05, 0) is 24.0 Å². The van der Waals surface area contributed by atoms with Crippen molar-refractivity contribution in [2.75, 3.05) is 6.67 Å². The molecule has 0 heterocycles. The summed E-state index contributed by atoms with van der Waals surface area (Å²) in [6.07, 6.45) is 3.83. The van der Waals surface area contributed by atoms with E-state index in [2.05, 4.69) is 4.99 Å². The van der Waals surface area contributed by atoms with Gasteiger partial charge in [-0.25, -0.2) is 4.79 Å². The van der Waals surface area contributed by atoms with Crippen molar-refractivity contribution in [2.24, 2.45) is 4.99 Å². The Kier molecular flexibility index (Phi) is 2.65. The molecule has 78 valence electrons. The van der Waals surface area contributed by atoms with E-state index in [0.717, 1.165) is 24.0 Å². The minimum absolute atomic E-state index is 0.339. The first-order valence-corrected chi connectivity index (χ1v) is 5.05. The van der Waals surface area contributed by atoms with Crippen LogP contribution in [0.15, 0.2) is 29.3 Å². The molecule has 1 aliphatic carbocycles. The molecular weight excluding hydrogens is 193 g/mol. The fraction of sp³-hybridized carbons (Fsp3) is 0.417. The minimum Gasteiger partial charge on any atom is -0.251 e. The first kappa shape index (κ1) is 10.1. The second-order valence-corrected chi connectivity index (χ2v) is 3.87. The van der Waals surface area contributed by atoms with E-state index < -0.39 is 0 Å². The van der Waals surface area contributed by atoms with Crippen molar-refractivity contribution >= 4 is 6.08 Å². The van der Waals surface area contributed by atoms with E-state index in [4.69, 9.17) is 0 Å². The van der Waals surface area contributed by atoms with Crippen LogP contribution in [0.4, 0.5) is 4.39 Å². The monoisotopic (exact) mass is 205 g/mol. The Hall–Kier alpha value is -1.47. The highest BCUT2D eigenvalue weighted by molar-refractivity contribution is 5.42. The fourth-order valence-electron chi connectivity index (χ4n) is 1.80. The Balaban J connectivity index is 2.28. The molecule has 1 fully saturated rings. The van der Waals surface area contributed by atoms with Gasteiger partial charge >= 0.3 is 0 Å². The van der Waals surface area contributed by atoms with E-state index in [1.807, 2.05) is 24.3 Å². The number of halogens is 1. The van der Waals surface area contributed by atoms with E-state index in [0.29, 0.717) is 6.42 Å². The third-order valence-electron chi connectivity index (χ3n) is 2.83.